The number of hydrogen-bond donors (Lipinski definition) is 1. The third kappa shape index (κ3) is 2.84. The van der Waals surface area contributed by atoms with Gasteiger partial charge in [0.2, 0.25) is 5.89 Å². The predicted molar refractivity (Wildman–Crippen MR) is 109 cm³/mol. The Labute approximate surface area is 164 Å². The number of nitrogen functional groups attached to an aromatic ring is 1. The van der Waals surface area contributed by atoms with E-state index in [9.17, 15) is 14.9 Å². The Kier molecular flexibility index (Phi) is 4.53. The molecule has 4 aromatic rings. The van der Waals surface area contributed by atoms with Gasteiger partial charge in [-0.1, -0.05) is 25.5 Å². The summed E-state index contributed by atoms with van der Waals surface area (Å²) in [5.41, 5.74) is 7.46. The molecule has 10 heteroatoms. The fourth-order valence-electron chi connectivity index (χ4n) is 3.50. The van der Waals surface area contributed by atoms with Gasteiger partial charge >= 0.3 is 11.4 Å². The number of nitrogens with zero attached hydrogens (tertiary/aromatic N) is 5. The fraction of sp³-hybridized carbons (Fsp3) is 0.316. The van der Waals surface area contributed by atoms with Crippen LogP contribution in [0.1, 0.15) is 26.7 Å². The minimum Gasteiger partial charge on any atom is -0.436 e. The van der Waals surface area contributed by atoms with Crippen LogP contribution in [0, 0.1) is 10.1 Å². The van der Waals surface area contributed by atoms with Gasteiger partial charge in [-0.25, -0.2) is 4.98 Å². The summed E-state index contributed by atoms with van der Waals surface area (Å²) in [7, 11) is 0. The molecule has 0 saturated carbocycles. The molecule has 4 rings (SSSR count). The first kappa shape index (κ1) is 18.7. The zero-order chi connectivity index (χ0) is 20.7. The molecule has 0 spiro atoms. The Morgan fingerprint density at radius 2 is 2.03 bits per heavy atom. The van der Waals surface area contributed by atoms with E-state index in [-0.39, 0.29) is 34.7 Å². The molecule has 1 aromatic carbocycles. The van der Waals surface area contributed by atoms with Crippen molar-refractivity contribution >= 4 is 33.6 Å². The average Bonchev–Trinajstić information content (AvgIpc) is 3.25. The molecule has 10 nitrogen and oxygen atoms in total. The van der Waals surface area contributed by atoms with Crippen molar-refractivity contribution in [2.45, 2.75) is 39.8 Å². The lowest BCUT2D eigenvalue weighted by Crippen LogP contribution is -2.25. The molecule has 0 atom stereocenters. The molecule has 0 aliphatic carbocycles. The van der Waals surface area contributed by atoms with Gasteiger partial charge in [-0.3, -0.25) is 4.79 Å². The number of aromatic nitrogens is 4. The number of aryl methyl sites for hydroxylation is 2. The number of benzene rings is 1. The van der Waals surface area contributed by atoms with Gasteiger partial charge < -0.3 is 24.8 Å². The van der Waals surface area contributed by atoms with Crippen molar-refractivity contribution < 1.29 is 9.34 Å². The quantitative estimate of drug-likeness (QED) is 0.390. The van der Waals surface area contributed by atoms with E-state index in [0.717, 1.165) is 17.5 Å². The minimum absolute atomic E-state index is 0.0601. The molecule has 29 heavy (non-hydrogen) atoms. The normalized spacial score (nSPS) is 11.5. The average molecular weight is 396 g/mol. The Morgan fingerprint density at radius 3 is 2.69 bits per heavy atom. The van der Waals surface area contributed by atoms with Crippen LogP contribution in [-0.4, -0.2) is 24.3 Å². The van der Waals surface area contributed by atoms with E-state index < -0.39 is 16.3 Å². The van der Waals surface area contributed by atoms with E-state index in [2.05, 4.69) is 10.1 Å². The third-order valence-corrected chi connectivity index (χ3v) is 4.90. The SMILES string of the molecule is CCCCn1c(N)c(-c2nc3ccccc3o2)c2c([N+](=O)[O-])nn(CC)c(=O)c21. The second-order valence-corrected chi connectivity index (χ2v) is 6.68. The molecule has 2 N–H and O–H groups in total. The molecule has 150 valence electrons. The summed E-state index contributed by atoms with van der Waals surface area (Å²) in [6.07, 6.45) is 1.62. The van der Waals surface area contributed by atoms with Crippen molar-refractivity contribution in [2.24, 2.45) is 0 Å². The first-order chi connectivity index (χ1) is 14.0. The Morgan fingerprint density at radius 1 is 1.28 bits per heavy atom. The van der Waals surface area contributed by atoms with Gasteiger partial charge in [-0.2, -0.15) is 0 Å². The summed E-state index contributed by atoms with van der Waals surface area (Å²) in [4.78, 5) is 28.7. The smallest absolute Gasteiger partial charge is 0.399 e. The molecule has 0 amide bonds. The summed E-state index contributed by atoms with van der Waals surface area (Å²) in [5.74, 6) is -0.112. The molecular weight excluding hydrogens is 376 g/mol. The number of rotatable bonds is 6. The molecule has 3 heterocycles. The second-order valence-electron chi connectivity index (χ2n) is 6.68. The summed E-state index contributed by atoms with van der Waals surface area (Å²) in [6.45, 7) is 4.36. The fourth-order valence-corrected chi connectivity index (χ4v) is 3.50. The van der Waals surface area contributed by atoms with Gasteiger partial charge in [0.25, 0.3) is 0 Å². The lowest BCUT2D eigenvalue weighted by molar-refractivity contribution is -0.388. The summed E-state index contributed by atoms with van der Waals surface area (Å²) < 4.78 is 8.53. The standard InChI is InChI=1S/C19H20N6O4/c1-3-5-10-23-15-13(17(25(27)28)22-24(4-2)19(15)26)14(16(23)20)18-21-11-8-6-7-9-12(11)29-18/h6-9H,3-5,10,20H2,1-2H3. The van der Waals surface area contributed by atoms with Crippen molar-refractivity contribution in [1.29, 1.82) is 0 Å². The zero-order valence-electron chi connectivity index (χ0n) is 16.1. The number of oxazole rings is 1. The first-order valence-electron chi connectivity index (χ1n) is 9.41. The van der Waals surface area contributed by atoms with E-state index >= 15 is 0 Å². The van der Waals surface area contributed by atoms with E-state index in [1.54, 1.807) is 29.7 Å². The Balaban J connectivity index is 2.16. The first-order valence-corrected chi connectivity index (χ1v) is 9.41. The van der Waals surface area contributed by atoms with Crippen LogP contribution in [0.2, 0.25) is 0 Å². The van der Waals surface area contributed by atoms with Crippen molar-refractivity contribution in [2.75, 3.05) is 5.73 Å². The number of hydrogen-bond acceptors (Lipinski definition) is 7. The number of nitro groups is 1. The van der Waals surface area contributed by atoms with Crippen LogP contribution in [0.25, 0.3) is 33.5 Å². The van der Waals surface area contributed by atoms with E-state index in [1.165, 1.54) is 0 Å². The lowest BCUT2D eigenvalue weighted by atomic mass is 10.2. The lowest BCUT2D eigenvalue weighted by Gasteiger charge is -2.06. The van der Waals surface area contributed by atoms with Gasteiger partial charge in [0.05, 0.1) is 17.2 Å². The Hall–Kier alpha value is -3.69. The number of fused-ring (bicyclic) bond motifs is 2. The van der Waals surface area contributed by atoms with E-state index in [1.807, 2.05) is 13.0 Å². The number of anilines is 1. The monoisotopic (exact) mass is 396 g/mol. The highest BCUT2D eigenvalue weighted by atomic mass is 16.6. The van der Waals surface area contributed by atoms with Gasteiger partial charge in [0.15, 0.2) is 5.58 Å². The molecule has 0 radical (unpaired) electrons. The zero-order valence-corrected chi connectivity index (χ0v) is 16.1. The number of para-hydroxylation sites is 2. The maximum absolute atomic E-state index is 13.0. The number of unbranched alkanes of at least 4 members (excludes halogenated alkanes) is 1. The van der Waals surface area contributed by atoms with Gasteiger partial charge in [0.1, 0.15) is 22.2 Å². The molecule has 0 saturated heterocycles. The summed E-state index contributed by atoms with van der Waals surface area (Å²) >= 11 is 0. The van der Waals surface area contributed by atoms with Crippen LogP contribution in [-0.2, 0) is 13.1 Å². The van der Waals surface area contributed by atoms with Crippen LogP contribution in [0.3, 0.4) is 0 Å². The largest absolute Gasteiger partial charge is 0.436 e. The Bertz CT molecular complexity index is 1270. The number of nitrogens with two attached hydrogens (primary N) is 1. The van der Waals surface area contributed by atoms with Gasteiger partial charge in [0, 0.05) is 6.54 Å². The van der Waals surface area contributed by atoms with Crippen LogP contribution in [0.15, 0.2) is 33.5 Å². The van der Waals surface area contributed by atoms with Crippen molar-refractivity contribution in [3.8, 4) is 11.5 Å². The third-order valence-electron chi connectivity index (χ3n) is 4.90. The van der Waals surface area contributed by atoms with Gasteiger partial charge in [-0.05, 0) is 30.4 Å². The molecule has 0 bridgehead atoms. The molecule has 3 aromatic heterocycles. The minimum atomic E-state index is -0.607. The summed E-state index contributed by atoms with van der Waals surface area (Å²) in [6, 6.07) is 7.13. The maximum Gasteiger partial charge on any atom is 0.399 e. The highest BCUT2D eigenvalue weighted by Gasteiger charge is 2.32. The second kappa shape index (κ2) is 7.04. The topological polar surface area (TPSA) is 135 Å². The molecular formula is C19H20N6O4. The van der Waals surface area contributed by atoms with Crippen molar-refractivity contribution in [3.05, 3.63) is 44.7 Å². The van der Waals surface area contributed by atoms with Crippen LogP contribution in [0.5, 0.6) is 0 Å². The predicted octanol–water partition coefficient (Wildman–Crippen LogP) is 3.32. The highest BCUT2D eigenvalue weighted by Crippen LogP contribution is 2.40. The van der Waals surface area contributed by atoms with Crippen molar-refractivity contribution in [3.63, 3.8) is 0 Å². The van der Waals surface area contributed by atoms with Crippen LogP contribution in [0.4, 0.5) is 11.6 Å². The summed E-state index contributed by atoms with van der Waals surface area (Å²) in [5, 5.41) is 15.8. The highest BCUT2D eigenvalue weighted by molar-refractivity contribution is 6.05. The molecule has 0 unspecified atom stereocenters. The molecule has 0 aliphatic heterocycles. The van der Waals surface area contributed by atoms with Crippen molar-refractivity contribution in [1.82, 2.24) is 19.3 Å². The van der Waals surface area contributed by atoms with Crippen LogP contribution < -0.4 is 11.3 Å². The molecule has 0 fully saturated rings. The maximum atomic E-state index is 13.0. The molecule has 0 aliphatic rings. The van der Waals surface area contributed by atoms with Gasteiger partial charge in [-0.15, -0.1) is 4.68 Å². The van der Waals surface area contributed by atoms with E-state index in [4.69, 9.17) is 10.2 Å². The van der Waals surface area contributed by atoms with Crippen LogP contribution >= 0.6 is 0 Å². The van der Waals surface area contributed by atoms with E-state index in [0.29, 0.717) is 17.6 Å².